The lowest BCUT2D eigenvalue weighted by molar-refractivity contribution is 0.112. The first-order chi connectivity index (χ1) is 8.78. The van der Waals surface area contributed by atoms with Crippen molar-refractivity contribution in [2.75, 3.05) is 0 Å². The topological polar surface area (TPSA) is 34.4 Å². The summed E-state index contributed by atoms with van der Waals surface area (Å²) in [6.07, 6.45) is 4.84. The van der Waals surface area contributed by atoms with Gasteiger partial charge in [0.15, 0.2) is 6.29 Å². The van der Waals surface area contributed by atoms with Gasteiger partial charge in [-0.2, -0.15) is 0 Å². The number of hydrogen-bond donors (Lipinski definition) is 0. The van der Waals surface area contributed by atoms with Crippen molar-refractivity contribution in [1.82, 2.24) is 9.38 Å². The quantitative estimate of drug-likeness (QED) is 0.641. The van der Waals surface area contributed by atoms with Crippen LogP contribution in [0.15, 0.2) is 48.8 Å². The summed E-state index contributed by atoms with van der Waals surface area (Å²) in [5.74, 6) is 0. The molecule has 0 N–H and O–H groups in total. The summed E-state index contributed by atoms with van der Waals surface area (Å²) in [7, 11) is 0. The number of hydrogen-bond acceptors (Lipinski definition) is 2. The minimum Gasteiger partial charge on any atom is -0.306 e. The van der Waals surface area contributed by atoms with Crippen molar-refractivity contribution in [3.8, 4) is 11.3 Å². The van der Waals surface area contributed by atoms with Gasteiger partial charge in [0.1, 0.15) is 5.65 Å². The lowest BCUT2D eigenvalue weighted by Gasteiger charge is -1.98. The predicted octanol–water partition coefficient (Wildman–Crippen LogP) is 3.12. The van der Waals surface area contributed by atoms with Crippen molar-refractivity contribution >= 4 is 11.9 Å². The van der Waals surface area contributed by atoms with Crippen LogP contribution in [0.2, 0.25) is 0 Å². The maximum Gasteiger partial charge on any atom is 0.150 e. The molecule has 88 valence electrons. The van der Waals surface area contributed by atoms with Gasteiger partial charge in [-0.25, -0.2) is 4.98 Å². The summed E-state index contributed by atoms with van der Waals surface area (Å²) in [4.78, 5) is 15.6. The molecule has 0 fully saturated rings. The van der Waals surface area contributed by atoms with E-state index in [1.165, 1.54) is 5.56 Å². The second kappa shape index (κ2) is 4.11. The van der Waals surface area contributed by atoms with Crippen LogP contribution in [0.5, 0.6) is 0 Å². The first-order valence-corrected chi connectivity index (χ1v) is 5.78. The third kappa shape index (κ3) is 1.70. The van der Waals surface area contributed by atoms with E-state index in [-0.39, 0.29) is 0 Å². The second-order valence-electron chi connectivity index (χ2n) is 4.30. The first kappa shape index (κ1) is 10.7. The number of aryl methyl sites for hydroxylation is 1. The molecule has 18 heavy (non-hydrogen) atoms. The number of rotatable bonds is 2. The fourth-order valence-electron chi connectivity index (χ4n) is 2.07. The molecule has 0 saturated carbocycles. The van der Waals surface area contributed by atoms with Gasteiger partial charge in [-0.3, -0.25) is 4.79 Å². The summed E-state index contributed by atoms with van der Waals surface area (Å²) < 4.78 is 1.98. The van der Waals surface area contributed by atoms with Crippen molar-refractivity contribution in [3.63, 3.8) is 0 Å². The van der Waals surface area contributed by atoms with Gasteiger partial charge in [-0.1, -0.05) is 30.3 Å². The Balaban J connectivity index is 2.22. The maximum atomic E-state index is 11.0. The second-order valence-corrected chi connectivity index (χ2v) is 4.30. The number of carbonyl (C=O) groups is 1. The maximum absolute atomic E-state index is 11.0. The molecule has 0 aliphatic rings. The lowest BCUT2D eigenvalue weighted by atomic mass is 10.1. The number of nitrogens with zero attached hydrogens (tertiary/aromatic N) is 2. The number of aldehydes is 1. The highest BCUT2D eigenvalue weighted by atomic mass is 16.1. The van der Waals surface area contributed by atoms with Gasteiger partial charge in [0.2, 0.25) is 0 Å². The van der Waals surface area contributed by atoms with E-state index in [0.29, 0.717) is 5.56 Å². The molecule has 0 aliphatic carbocycles. The van der Waals surface area contributed by atoms with Crippen LogP contribution < -0.4 is 0 Å². The smallest absolute Gasteiger partial charge is 0.150 e. The molecule has 0 radical (unpaired) electrons. The van der Waals surface area contributed by atoms with Crippen LogP contribution in [-0.2, 0) is 0 Å². The molecule has 3 heteroatoms. The van der Waals surface area contributed by atoms with Crippen LogP contribution in [0.3, 0.4) is 0 Å². The number of benzene rings is 1. The number of pyridine rings is 1. The molecule has 2 aromatic heterocycles. The summed E-state index contributed by atoms with van der Waals surface area (Å²) in [6.45, 7) is 2.04. The Morgan fingerprint density at radius 3 is 2.78 bits per heavy atom. The Hall–Kier alpha value is -2.42. The van der Waals surface area contributed by atoms with Crippen molar-refractivity contribution in [3.05, 3.63) is 59.9 Å². The average molecular weight is 236 g/mol. The molecule has 0 atom stereocenters. The molecule has 2 heterocycles. The lowest BCUT2D eigenvalue weighted by Crippen LogP contribution is -1.86. The Bertz CT molecular complexity index is 728. The zero-order valence-corrected chi connectivity index (χ0v) is 10.00. The summed E-state index contributed by atoms with van der Waals surface area (Å²) >= 11 is 0. The van der Waals surface area contributed by atoms with Crippen LogP contribution in [0.1, 0.15) is 15.9 Å². The molecule has 3 aromatic rings. The third-order valence-corrected chi connectivity index (χ3v) is 2.96. The highest BCUT2D eigenvalue weighted by molar-refractivity contribution is 5.86. The molecule has 0 amide bonds. The average Bonchev–Trinajstić information content (AvgIpc) is 2.81. The Kier molecular flexibility index (Phi) is 2.45. The summed E-state index contributed by atoms with van der Waals surface area (Å²) in [5.41, 5.74) is 4.42. The van der Waals surface area contributed by atoms with Crippen LogP contribution in [-0.4, -0.2) is 15.7 Å². The molecular formula is C15H12N2O. The fourth-order valence-corrected chi connectivity index (χ4v) is 2.07. The van der Waals surface area contributed by atoms with Crippen LogP contribution in [0.25, 0.3) is 16.9 Å². The summed E-state index contributed by atoms with van der Waals surface area (Å²) in [5, 5.41) is 0. The van der Waals surface area contributed by atoms with Gasteiger partial charge in [0, 0.05) is 23.5 Å². The number of carbonyl (C=O) groups excluding carboxylic acids is 1. The van der Waals surface area contributed by atoms with E-state index in [9.17, 15) is 4.79 Å². The van der Waals surface area contributed by atoms with Gasteiger partial charge in [-0.05, 0) is 18.6 Å². The van der Waals surface area contributed by atoms with Crippen molar-refractivity contribution in [2.45, 2.75) is 6.92 Å². The van der Waals surface area contributed by atoms with Gasteiger partial charge in [-0.15, -0.1) is 0 Å². The number of imidazole rings is 1. The minimum atomic E-state index is 0.664. The standard InChI is InChI=1S/C15H12N2O/c1-11-6-7-15-16-14(9-17(15)8-11)13-5-3-2-4-12(13)10-18/h2-10H,1H3. The van der Waals surface area contributed by atoms with Gasteiger partial charge in [0.25, 0.3) is 0 Å². The zero-order valence-electron chi connectivity index (χ0n) is 10.00. The molecular weight excluding hydrogens is 224 g/mol. The number of aromatic nitrogens is 2. The van der Waals surface area contributed by atoms with Gasteiger partial charge < -0.3 is 4.40 Å². The predicted molar refractivity (Wildman–Crippen MR) is 70.8 cm³/mol. The van der Waals surface area contributed by atoms with E-state index in [1.54, 1.807) is 6.07 Å². The molecule has 0 bridgehead atoms. The Labute approximate surface area is 105 Å². The van der Waals surface area contributed by atoms with E-state index in [1.807, 2.05) is 54.0 Å². The molecule has 0 saturated heterocycles. The van der Waals surface area contributed by atoms with Crippen LogP contribution in [0, 0.1) is 6.92 Å². The molecule has 1 aromatic carbocycles. The van der Waals surface area contributed by atoms with E-state index < -0.39 is 0 Å². The Morgan fingerprint density at radius 1 is 1.11 bits per heavy atom. The van der Waals surface area contributed by atoms with Crippen LogP contribution >= 0.6 is 0 Å². The molecule has 3 nitrogen and oxygen atoms in total. The van der Waals surface area contributed by atoms with E-state index in [4.69, 9.17) is 0 Å². The Morgan fingerprint density at radius 2 is 1.94 bits per heavy atom. The van der Waals surface area contributed by atoms with E-state index >= 15 is 0 Å². The van der Waals surface area contributed by atoms with Crippen molar-refractivity contribution in [1.29, 1.82) is 0 Å². The highest BCUT2D eigenvalue weighted by Gasteiger charge is 2.08. The minimum absolute atomic E-state index is 0.664. The monoisotopic (exact) mass is 236 g/mol. The molecule has 0 aliphatic heterocycles. The highest BCUT2D eigenvalue weighted by Crippen LogP contribution is 2.22. The third-order valence-electron chi connectivity index (χ3n) is 2.96. The van der Waals surface area contributed by atoms with Gasteiger partial charge >= 0.3 is 0 Å². The normalized spacial score (nSPS) is 10.7. The van der Waals surface area contributed by atoms with E-state index in [2.05, 4.69) is 4.98 Å². The van der Waals surface area contributed by atoms with Crippen molar-refractivity contribution in [2.24, 2.45) is 0 Å². The SMILES string of the molecule is Cc1ccc2nc(-c3ccccc3C=O)cn2c1. The molecule has 0 unspecified atom stereocenters. The molecule has 0 spiro atoms. The van der Waals surface area contributed by atoms with Crippen molar-refractivity contribution < 1.29 is 4.79 Å². The molecule has 3 rings (SSSR count). The first-order valence-electron chi connectivity index (χ1n) is 5.78. The zero-order chi connectivity index (χ0) is 12.5. The summed E-state index contributed by atoms with van der Waals surface area (Å²) in [6, 6.07) is 11.5. The van der Waals surface area contributed by atoms with E-state index in [0.717, 1.165) is 23.2 Å². The fraction of sp³-hybridized carbons (Fsp3) is 0.0667. The van der Waals surface area contributed by atoms with Crippen LogP contribution in [0.4, 0.5) is 0 Å². The largest absolute Gasteiger partial charge is 0.306 e. The van der Waals surface area contributed by atoms with Gasteiger partial charge in [0.05, 0.1) is 5.69 Å². The number of fused-ring (bicyclic) bond motifs is 1.